The molecule has 0 spiro atoms. The minimum atomic E-state index is -0.523. The van der Waals surface area contributed by atoms with Crippen LogP contribution in [0.4, 0.5) is 5.13 Å². The summed E-state index contributed by atoms with van der Waals surface area (Å²) < 4.78 is 6.76. The van der Waals surface area contributed by atoms with Crippen molar-refractivity contribution >= 4 is 34.0 Å². The zero-order valence-corrected chi connectivity index (χ0v) is 22.3. The number of nitrogens with zero attached hydrogens (tertiary/aromatic N) is 4. The highest BCUT2D eigenvalue weighted by molar-refractivity contribution is 8.01. The number of carbonyl (C=O) groups is 1. The van der Waals surface area contributed by atoms with Crippen molar-refractivity contribution in [1.29, 1.82) is 5.26 Å². The van der Waals surface area contributed by atoms with Crippen LogP contribution in [0.25, 0.3) is 0 Å². The number of nitriles is 1. The van der Waals surface area contributed by atoms with E-state index in [2.05, 4.69) is 30.1 Å². The molecule has 1 atom stereocenters. The lowest BCUT2D eigenvalue weighted by Gasteiger charge is -2.38. The third kappa shape index (κ3) is 5.13. The summed E-state index contributed by atoms with van der Waals surface area (Å²) in [5.74, 6) is 0.545. The van der Waals surface area contributed by atoms with E-state index in [1.807, 2.05) is 54.6 Å². The van der Waals surface area contributed by atoms with Gasteiger partial charge in [-0.2, -0.15) is 5.26 Å². The number of rotatable bonds is 7. The molecule has 0 bridgehead atoms. The van der Waals surface area contributed by atoms with Crippen LogP contribution in [-0.2, 0) is 11.4 Å². The first kappa shape index (κ1) is 25.1. The fraction of sp³-hybridized carbons (Fsp3) is 0.286. The van der Waals surface area contributed by atoms with Crippen LogP contribution >= 0.6 is 23.1 Å². The Morgan fingerprint density at radius 3 is 2.62 bits per heavy atom. The van der Waals surface area contributed by atoms with Gasteiger partial charge in [-0.1, -0.05) is 79.4 Å². The quantitative estimate of drug-likeness (QED) is 0.376. The minimum absolute atomic E-state index is 0.0437. The standard InChI is InChI=1S/C28H27N5O2S2/c1-17(2)36-28-32-31-27(37-28)33-22-9-6-10-23(34)25(22)24(21(15-29)26(33)30)19-11-13-20(14-12-19)35-16-18-7-4-3-5-8-18/h3-5,7-8,11-14,17,24H,6,9-10,16,30H2,1-2H3. The molecular weight excluding hydrogens is 502 g/mol. The summed E-state index contributed by atoms with van der Waals surface area (Å²) in [5, 5.41) is 19.8. The highest BCUT2D eigenvalue weighted by Crippen LogP contribution is 2.47. The number of nitrogens with two attached hydrogens (primary N) is 1. The molecule has 1 aromatic heterocycles. The molecule has 0 saturated carbocycles. The Morgan fingerprint density at radius 1 is 1.16 bits per heavy atom. The molecule has 2 aromatic carbocycles. The van der Waals surface area contributed by atoms with Gasteiger partial charge in [0.25, 0.3) is 0 Å². The Hall–Kier alpha value is -3.61. The van der Waals surface area contributed by atoms with E-state index in [1.165, 1.54) is 11.3 Å². The van der Waals surface area contributed by atoms with E-state index >= 15 is 0 Å². The maximum Gasteiger partial charge on any atom is 0.219 e. The van der Waals surface area contributed by atoms with Gasteiger partial charge < -0.3 is 10.5 Å². The SMILES string of the molecule is CC(C)Sc1nnc(N2C(N)=C(C#N)C(c3ccc(OCc4ccccc4)cc3)C3=C2CCCC3=O)s1. The predicted octanol–water partition coefficient (Wildman–Crippen LogP) is 5.92. The predicted molar refractivity (Wildman–Crippen MR) is 146 cm³/mol. The highest BCUT2D eigenvalue weighted by atomic mass is 32.2. The zero-order chi connectivity index (χ0) is 25.9. The molecule has 1 unspecified atom stereocenters. The molecule has 0 saturated heterocycles. The number of hydrogen-bond donors (Lipinski definition) is 1. The second-order valence-electron chi connectivity index (χ2n) is 9.18. The molecule has 3 aromatic rings. The first-order valence-corrected chi connectivity index (χ1v) is 13.9. The second kappa shape index (κ2) is 10.8. The summed E-state index contributed by atoms with van der Waals surface area (Å²) >= 11 is 3.05. The van der Waals surface area contributed by atoms with Gasteiger partial charge in [-0.05, 0) is 36.1 Å². The molecule has 188 valence electrons. The number of carbonyl (C=O) groups excluding carboxylic acids is 1. The third-order valence-electron chi connectivity index (χ3n) is 6.30. The van der Waals surface area contributed by atoms with E-state index in [-0.39, 0.29) is 5.78 Å². The molecule has 7 nitrogen and oxygen atoms in total. The lowest BCUT2D eigenvalue weighted by atomic mass is 9.76. The number of benzene rings is 2. The highest BCUT2D eigenvalue weighted by Gasteiger charge is 2.41. The maximum absolute atomic E-state index is 13.3. The van der Waals surface area contributed by atoms with Crippen molar-refractivity contribution in [2.45, 2.75) is 55.2 Å². The van der Waals surface area contributed by atoms with Crippen LogP contribution in [0, 0.1) is 11.3 Å². The number of Topliss-reactive ketones (excluding diaryl/α,β-unsaturated/α-hetero) is 1. The van der Waals surface area contributed by atoms with Crippen LogP contribution in [0.15, 0.2) is 81.6 Å². The molecule has 0 radical (unpaired) electrons. The van der Waals surface area contributed by atoms with Crippen molar-refractivity contribution in [2.24, 2.45) is 5.73 Å². The van der Waals surface area contributed by atoms with E-state index in [0.717, 1.165) is 27.6 Å². The first-order chi connectivity index (χ1) is 18.0. The topological polar surface area (TPSA) is 105 Å². The third-order valence-corrected chi connectivity index (χ3v) is 8.30. The molecule has 2 N–H and O–H groups in total. The number of hydrogen-bond acceptors (Lipinski definition) is 9. The lowest BCUT2D eigenvalue weighted by molar-refractivity contribution is -0.116. The summed E-state index contributed by atoms with van der Waals surface area (Å²) in [6, 6.07) is 19.9. The van der Waals surface area contributed by atoms with Crippen LogP contribution in [0.2, 0.25) is 0 Å². The van der Waals surface area contributed by atoms with Crippen molar-refractivity contribution < 1.29 is 9.53 Å². The Morgan fingerprint density at radius 2 is 1.92 bits per heavy atom. The van der Waals surface area contributed by atoms with Gasteiger partial charge in [0.2, 0.25) is 5.13 Å². The summed E-state index contributed by atoms with van der Waals surface area (Å²) in [7, 11) is 0. The number of anilines is 1. The molecule has 2 aliphatic rings. The average molecular weight is 530 g/mol. The van der Waals surface area contributed by atoms with E-state index in [1.54, 1.807) is 16.7 Å². The molecule has 9 heteroatoms. The number of aromatic nitrogens is 2. The van der Waals surface area contributed by atoms with Crippen LogP contribution < -0.4 is 15.4 Å². The smallest absolute Gasteiger partial charge is 0.219 e. The average Bonchev–Trinajstić information content (AvgIpc) is 3.35. The number of allylic oxidation sites excluding steroid dienone is 3. The normalized spacial score (nSPS) is 17.7. The number of ether oxygens (including phenoxy) is 1. The zero-order valence-electron chi connectivity index (χ0n) is 20.7. The van der Waals surface area contributed by atoms with Crippen molar-refractivity contribution in [2.75, 3.05) is 4.90 Å². The van der Waals surface area contributed by atoms with Crippen molar-refractivity contribution in [3.63, 3.8) is 0 Å². The summed E-state index contributed by atoms with van der Waals surface area (Å²) in [6.45, 7) is 4.65. The van der Waals surface area contributed by atoms with Crippen molar-refractivity contribution in [3.05, 3.63) is 88.4 Å². The fourth-order valence-electron chi connectivity index (χ4n) is 4.68. The lowest BCUT2D eigenvalue weighted by Crippen LogP contribution is -2.38. The van der Waals surface area contributed by atoms with E-state index in [9.17, 15) is 10.1 Å². The van der Waals surface area contributed by atoms with Gasteiger partial charge in [0, 0.05) is 22.9 Å². The Bertz CT molecular complexity index is 1400. The molecule has 1 aliphatic heterocycles. The molecule has 0 amide bonds. The van der Waals surface area contributed by atoms with Gasteiger partial charge >= 0.3 is 0 Å². The molecule has 2 heterocycles. The van der Waals surface area contributed by atoms with E-state index < -0.39 is 5.92 Å². The molecule has 0 fully saturated rings. The van der Waals surface area contributed by atoms with Crippen LogP contribution in [0.1, 0.15) is 50.2 Å². The second-order valence-corrected chi connectivity index (χ2v) is 12.0. The Labute approximate surface area is 224 Å². The van der Waals surface area contributed by atoms with Gasteiger partial charge in [0.05, 0.1) is 17.6 Å². The summed E-state index contributed by atoms with van der Waals surface area (Å²) in [4.78, 5) is 15.1. The molecule has 5 rings (SSSR count). The van der Waals surface area contributed by atoms with Gasteiger partial charge in [-0.25, -0.2) is 0 Å². The summed E-state index contributed by atoms with van der Waals surface area (Å²) in [6.07, 6.45) is 1.86. The van der Waals surface area contributed by atoms with Gasteiger partial charge in [-0.3, -0.25) is 9.69 Å². The van der Waals surface area contributed by atoms with Gasteiger partial charge in [0.15, 0.2) is 10.1 Å². The maximum atomic E-state index is 13.3. The van der Waals surface area contributed by atoms with Gasteiger partial charge in [0.1, 0.15) is 18.2 Å². The molecular formula is C28H27N5O2S2. The van der Waals surface area contributed by atoms with Crippen molar-refractivity contribution in [3.8, 4) is 11.8 Å². The summed E-state index contributed by atoms with van der Waals surface area (Å²) in [5.41, 5.74) is 10.4. The van der Waals surface area contributed by atoms with E-state index in [0.29, 0.717) is 52.5 Å². The van der Waals surface area contributed by atoms with Crippen LogP contribution in [0.3, 0.4) is 0 Å². The van der Waals surface area contributed by atoms with Crippen molar-refractivity contribution in [1.82, 2.24) is 10.2 Å². The largest absolute Gasteiger partial charge is 0.489 e. The first-order valence-electron chi connectivity index (χ1n) is 12.2. The minimum Gasteiger partial charge on any atom is -0.489 e. The van der Waals surface area contributed by atoms with Crippen LogP contribution in [0.5, 0.6) is 5.75 Å². The fourth-order valence-corrected chi connectivity index (χ4v) is 6.78. The number of thioether (sulfide) groups is 1. The van der Waals surface area contributed by atoms with Crippen LogP contribution in [-0.4, -0.2) is 21.2 Å². The molecule has 37 heavy (non-hydrogen) atoms. The van der Waals surface area contributed by atoms with E-state index in [4.69, 9.17) is 10.5 Å². The Balaban J connectivity index is 1.49. The number of ketones is 1. The Kier molecular flexibility index (Phi) is 7.31. The molecule has 1 aliphatic carbocycles. The van der Waals surface area contributed by atoms with Gasteiger partial charge in [-0.15, -0.1) is 10.2 Å². The monoisotopic (exact) mass is 529 g/mol.